The van der Waals surface area contributed by atoms with Crippen LogP contribution in [0.3, 0.4) is 0 Å². The molecule has 0 bridgehead atoms. The number of benzene rings is 2. The smallest absolute Gasteiger partial charge is 0.335 e. The summed E-state index contributed by atoms with van der Waals surface area (Å²) in [5.74, 6) is -3.67. The van der Waals surface area contributed by atoms with Gasteiger partial charge in [0, 0.05) is 11.5 Å². The third-order valence-corrected chi connectivity index (χ3v) is 6.06. The van der Waals surface area contributed by atoms with Gasteiger partial charge in [0.15, 0.2) is 0 Å². The largest absolute Gasteiger partial charge is 0.478 e. The van der Waals surface area contributed by atoms with Crippen molar-refractivity contribution in [2.24, 2.45) is 5.92 Å². The number of rotatable bonds is 6. The highest BCUT2D eigenvalue weighted by molar-refractivity contribution is 5.98. The number of nitrogens with one attached hydrogen (secondary N) is 1. The molecule has 3 N–H and O–H groups in total. The third kappa shape index (κ3) is 4.39. The van der Waals surface area contributed by atoms with Crippen LogP contribution in [0.25, 0.3) is 0 Å². The molecule has 1 fully saturated rings. The molecule has 1 unspecified atom stereocenters. The summed E-state index contributed by atoms with van der Waals surface area (Å²) in [5.41, 5.74) is 1.23. The first-order valence-corrected chi connectivity index (χ1v) is 10.7. The van der Waals surface area contributed by atoms with Crippen molar-refractivity contribution >= 4 is 17.6 Å². The van der Waals surface area contributed by atoms with Crippen molar-refractivity contribution in [1.82, 2.24) is 5.32 Å². The van der Waals surface area contributed by atoms with E-state index in [0.717, 1.165) is 42.2 Å². The quantitative estimate of drug-likeness (QED) is 0.506. The summed E-state index contributed by atoms with van der Waals surface area (Å²) in [4.78, 5) is 24.4. The van der Waals surface area contributed by atoms with Gasteiger partial charge in [0.2, 0.25) is 0 Å². The van der Waals surface area contributed by atoms with E-state index in [1.165, 1.54) is 6.08 Å². The number of carboxylic acids is 1. The van der Waals surface area contributed by atoms with E-state index in [4.69, 9.17) is 5.11 Å². The van der Waals surface area contributed by atoms with Crippen LogP contribution in [0.2, 0.25) is 0 Å². The van der Waals surface area contributed by atoms with Gasteiger partial charge in [-0.3, -0.25) is 10.0 Å². The van der Waals surface area contributed by atoms with Gasteiger partial charge in [-0.05, 0) is 67.5 Å². The average molecular weight is 454 g/mol. The number of allylic oxidation sites excluding steroid dienone is 3. The monoisotopic (exact) mass is 454 g/mol. The number of hydroxylamine groups is 1. The molecular formula is C25H24F2N2O4. The number of halogens is 2. The fourth-order valence-electron chi connectivity index (χ4n) is 4.11. The molecule has 4 rings (SSSR count). The molecule has 1 atom stereocenters. The Morgan fingerprint density at radius 2 is 1.88 bits per heavy atom. The molecule has 0 aliphatic heterocycles. The van der Waals surface area contributed by atoms with Crippen LogP contribution in [0.1, 0.15) is 63.9 Å². The van der Waals surface area contributed by atoms with Gasteiger partial charge in [0.1, 0.15) is 23.0 Å². The van der Waals surface area contributed by atoms with Gasteiger partial charge >= 0.3 is 5.97 Å². The summed E-state index contributed by atoms with van der Waals surface area (Å²) in [5, 5.41) is 22.9. The SMILES string of the molecule is Cc1cccc(C2CC2)c1C(=O)NC1=C(N(O)c2ccc(C(=O)O)cc2F)C(F)=CCC1C. The Morgan fingerprint density at radius 3 is 2.52 bits per heavy atom. The van der Waals surface area contributed by atoms with E-state index >= 15 is 0 Å². The van der Waals surface area contributed by atoms with Gasteiger partial charge < -0.3 is 10.4 Å². The molecule has 2 aromatic rings. The summed E-state index contributed by atoms with van der Waals surface area (Å²) >= 11 is 0. The molecule has 2 aromatic carbocycles. The molecule has 0 aromatic heterocycles. The Kier molecular flexibility index (Phi) is 6.03. The van der Waals surface area contributed by atoms with E-state index in [2.05, 4.69) is 5.32 Å². The molecular weight excluding hydrogens is 430 g/mol. The standard InChI is InChI=1S/C25H24F2N2O4/c1-13-4-3-5-17(15-7-8-15)21(13)24(30)28-22-14(2)6-10-18(26)23(22)29(33)20-11-9-16(25(31)32)12-19(20)27/h3-5,9-12,14-15,33H,6-8H2,1-2H3,(H,28,30)(H,31,32). The lowest BCUT2D eigenvalue weighted by molar-refractivity contribution is 0.0696. The van der Waals surface area contributed by atoms with Crippen molar-refractivity contribution < 1.29 is 28.7 Å². The number of aromatic carboxylic acids is 1. The molecule has 0 radical (unpaired) electrons. The van der Waals surface area contributed by atoms with E-state index in [0.29, 0.717) is 16.5 Å². The zero-order valence-corrected chi connectivity index (χ0v) is 18.2. The highest BCUT2D eigenvalue weighted by Gasteiger charge is 2.32. The lowest BCUT2D eigenvalue weighted by Gasteiger charge is -2.29. The lowest BCUT2D eigenvalue weighted by atomic mass is 9.93. The van der Waals surface area contributed by atoms with Gasteiger partial charge in [0.05, 0.1) is 11.3 Å². The van der Waals surface area contributed by atoms with Gasteiger partial charge in [-0.25, -0.2) is 18.6 Å². The Labute approximate surface area is 189 Å². The number of anilines is 1. The van der Waals surface area contributed by atoms with Crippen LogP contribution >= 0.6 is 0 Å². The number of nitrogens with zero attached hydrogens (tertiary/aromatic N) is 1. The number of aryl methyl sites for hydroxylation is 1. The second-order valence-corrected chi connectivity index (χ2v) is 8.50. The predicted molar refractivity (Wildman–Crippen MR) is 118 cm³/mol. The number of carboxylic acid groups (broad SMARTS) is 1. The minimum absolute atomic E-state index is 0.120. The second kappa shape index (κ2) is 8.78. The van der Waals surface area contributed by atoms with Crippen molar-refractivity contribution in [3.8, 4) is 0 Å². The van der Waals surface area contributed by atoms with Crippen LogP contribution in [0, 0.1) is 18.7 Å². The van der Waals surface area contributed by atoms with Crippen LogP contribution in [0.4, 0.5) is 14.5 Å². The Hall–Kier alpha value is -3.52. The summed E-state index contributed by atoms with van der Waals surface area (Å²) in [7, 11) is 0. The van der Waals surface area contributed by atoms with Crippen LogP contribution in [0.15, 0.2) is 59.7 Å². The summed E-state index contributed by atoms with van der Waals surface area (Å²) in [6.45, 7) is 3.59. The van der Waals surface area contributed by atoms with Crippen molar-refractivity contribution in [3.63, 3.8) is 0 Å². The fraction of sp³-hybridized carbons (Fsp3) is 0.280. The molecule has 172 valence electrons. The van der Waals surface area contributed by atoms with E-state index < -0.39 is 29.2 Å². The first-order chi connectivity index (χ1) is 15.7. The molecule has 1 saturated carbocycles. The third-order valence-electron chi connectivity index (χ3n) is 6.06. The lowest BCUT2D eigenvalue weighted by Crippen LogP contribution is -2.34. The van der Waals surface area contributed by atoms with Crippen LogP contribution < -0.4 is 10.4 Å². The number of carbonyl (C=O) groups is 2. The summed E-state index contributed by atoms with van der Waals surface area (Å²) < 4.78 is 29.5. The fourth-order valence-corrected chi connectivity index (χ4v) is 4.11. The van der Waals surface area contributed by atoms with E-state index in [9.17, 15) is 23.6 Å². The maximum Gasteiger partial charge on any atom is 0.335 e. The van der Waals surface area contributed by atoms with E-state index in [1.54, 1.807) is 6.92 Å². The minimum atomic E-state index is -1.33. The van der Waals surface area contributed by atoms with Crippen LogP contribution in [0.5, 0.6) is 0 Å². The van der Waals surface area contributed by atoms with Gasteiger partial charge in [-0.2, -0.15) is 0 Å². The molecule has 0 heterocycles. The molecule has 33 heavy (non-hydrogen) atoms. The minimum Gasteiger partial charge on any atom is -0.478 e. The van der Waals surface area contributed by atoms with Crippen molar-refractivity contribution in [2.75, 3.05) is 5.06 Å². The molecule has 6 nitrogen and oxygen atoms in total. The van der Waals surface area contributed by atoms with Crippen LogP contribution in [-0.4, -0.2) is 22.2 Å². The summed E-state index contributed by atoms with van der Waals surface area (Å²) in [6.07, 6.45) is 3.54. The highest BCUT2D eigenvalue weighted by Crippen LogP contribution is 2.42. The van der Waals surface area contributed by atoms with Gasteiger partial charge in [-0.15, -0.1) is 0 Å². The molecule has 0 saturated heterocycles. The maximum atomic E-state index is 14.9. The average Bonchev–Trinajstić information content (AvgIpc) is 3.61. The molecule has 8 heteroatoms. The molecule has 2 aliphatic rings. The first kappa shape index (κ1) is 22.7. The number of amides is 1. The van der Waals surface area contributed by atoms with Gasteiger partial charge in [-0.1, -0.05) is 25.1 Å². The second-order valence-electron chi connectivity index (χ2n) is 8.50. The topological polar surface area (TPSA) is 89.9 Å². The number of hydrogen-bond acceptors (Lipinski definition) is 4. The van der Waals surface area contributed by atoms with E-state index in [1.807, 2.05) is 25.1 Å². The van der Waals surface area contributed by atoms with E-state index in [-0.39, 0.29) is 29.3 Å². The zero-order chi connectivity index (χ0) is 23.9. The van der Waals surface area contributed by atoms with Crippen LogP contribution in [-0.2, 0) is 0 Å². The maximum absolute atomic E-state index is 14.9. The highest BCUT2D eigenvalue weighted by atomic mass is 19.1. The zero-order valence-electron chi connectivity index (χ0n) is 18.2. The summed E-state index contributed by atoms with van der Waals surface area (Å²) in [6, 6.07) is 8.53. The molecule has 2 aliphatic carbocycles. The number of hydrogen-bond donors (Lipinski definition) is 3. The predicted octanol–water partition coefficient (Wildman–Crippen LogP) is 5.44. The molecule has 0 spiro atoms. The number of carbonyl (C=O) groups excluding carboxylic acids is 1. The van der Waals surface area contributed by atoms with Crippen molar-refractivity contribution in [1.29, 1.82) is 0 Å². The van der Waals surface area contributed by atoms with Gasteiger partial charge in [0.25, 0.3) is 5.91 Å². The Bertz CT molecular complexity index is 1200. The molecule has 1 amide bonds. The Balaban J connectivity index is 1.74. The van der Waals surface area contributed by atoms with Crippen molar-refractivity contribution in [3.05, 3.63) is 87.8 Å². The van der Waals surface area contributed by atoms with Crippen molar-refractivity contribution in [2.45, 2.75) is 39.0 Å². The Morgan fingerprint density at radius 1 is 1.15 bits per heavy atom. The first-order valence-electron chi connectivity index (χ1n) is 10.7. The normalized spacial score (nSPS) is 18.1.